The molecule has 2 heterocycles. The van der Waals surface area contributed by atoms with Crippen molar-refractivity contribution in [3.05, 3.63) is 59.9 Å². The predicted molar refractivity (Wildman–Crippen MR) is 114 cm³/mol. The molecule has 8 nitrogen and oxygen atoms in total. The summed E-state index contributed by atoms with van der Waals surface area (Å²) in [4.78, 5) is 24.4. The molecule has 160 valence electrons. The summed E-state index contributed by atoms with van der Waals surface area (Å²) in [5.74, 6) is -0.281. The zero-order valence-corrected chi connectivity index (χ0v) is 17.7. The molecule has 0 spiro atoms. The van der Waals surface area contributed by atoms with Gasteiger partial charge >= 0.3 is 0 Å². The number of imide groups is 1. The molecular weight excluding hydrogens is 443 g/mol. The van der Waals surface area contributed by atoms with Gasteiger partial charge in [-0.25, -0.2) is 4.39 Å². The molecule has 0 fully saturated rings. The van der Waals surface area contributed by atoms with Crippen LogP contribution in [0.3, 0.4) is 0 Å². The third-order valence-electron chi connectivity index (χ3n) is 4.15. The van der Waals surface area contributed by atoms with Crippen molar-refractivity contribution in [2.45, 2.75) is 17.0 Å². The first-order chi connectivity index (χ1) is 15.1. The molecule has 0 saturated carbocycles. The molecule has 2 N–H and O–H groups in total. The Kier molecular flexibility index (Phi) is 6.63. The van der Waals surface area contributed by atoms with Gasteiger partial charge in [0.2, 0.25) is 17.1 Å². The van der Waals surface area contributed by atoms with Crippen LogP contribution in [0.25, 0.3) is 0 Å². The maximum atomic E-state index is 12.9. The molecule has 1 aromatic heterocycles. The van der Waals surface area contributed by atoms with E-state index in [1.807, 2.05) is 0 Å². The lowest BCUT2D eigenvalue weighted by Gasteiger charge is -2.25. The number of nitrogens with zero attached hydrogens (tertiary/aromatic N) is 2. The number of ether oxygens (including phenoxy) is 2. The summed E-state index contributed by atoms with van der Waals surface area (Å²) in [5, 5.41) is 14.0. The second-order valence-corrected chi connectivity index (χ2v) is 8.62. The smallest absolute Gasteiger partial charge is 0.271 e. The zero-order valence-electron chi connectivity index (χ0n) is 16.0. The number of anilines is 1. The first kappa shape index (κ1) is 21.1. The van der Waals surface area contributed by atoms with E-state index in [9.17, 15) is 14.0 Å². The summed E-state index contributed by atoms with van der Waals surface area (Å²) in [5.41, 5.74) is 0.903. The van der Waals surface area contributed by atoms with Gasteiger partial charge in [0.15, 0.2) is 15.8 Å². The van der Waals surface area contributed by atoms with Crippen molar-refractivity contribution in [2.75, 3.05) is 17.7 Å². The van der Waals surface area contributed by atoms with Crippen molar-refractivity contribution in [3.63, 3.8) is 0 Å². The lowest BCUT2D eigenvalue weighted by molar-refractivity contribution is -0.135. The molecule has 0 aliphatic carbocycles. The Hall–Kier alpha value is -3.18. The van der Waals surface area contributed by atoms with E-state index in [4.69, 9.17) is 9.47 Å². The van der Waals surface area contributed by atoms with Gasteiger partial charge in [0.25, 0.3) is 5.91 Å². The number of rotatable bonds is 7. The fourth-order valence-corrected chi connectivity index (χ4v) is 4.20. The molecule has 1 aliphatic heterocycles. The van der Waals surface area contributed by atoms with Gasteiger partial charge in [-0.15, -0.1) is 10.2 Å². The highest BCUT2D eigenvalue weighted by Gasteiger charge is 2.28. The third-order valence-corrected chi connectivity index (χ3v) is 6.17. The van der Waals surface area contributed by atoms with E-state index in [0.29, 0.717) is 27.5 Å². The van der Waals surface area contributed by atoms with E-state index in [1.165, 1.54) is 35.2 Å². The van der Waals surface area contributed by atoms with Crippen LogP contribution in [0.4, 0.5) is 9.52 Å². The van der Waals surface area contributed by atoms with Gasteiger partial charge in [0.1, 0.15) is 12.4 Å². The average molecular weight is 461 g/mol. The molecule has 3 aromatic rings. The quantitative estimate of drug-likeness (QED) is 0.519. The maximum Gasteiger partial charge on any atom is 0.271 e. The lowest BCUT2D eigenvalue weighted by atomic mass is 10.2. The molecule has 4 rings (SSSR count). The van der Waals surface area contributed by atoms with Crippen LogP contribution < -0.4 is 20.1 Å². The SMILES string of the molecule is O=C(CSc1nnc(NCc2ccc(F)cc2)s1)NC(=O)C1COc2ccccc2O1. The second-order valence-electron chi connectivity index (χ2n) is 6.42. The Labute approximate surface area is 185 Å². The first-order valence-corrected chi connectivity index (χ1v) is 11.0. The molecule has 2 amide bonds. The third kappa shape index (κ3) is 5.70. The topological polar surface area (TPSA) is 102 Å². The normalized spacial score (nSPS) is 14.7. The monoisotopic (exact) mass is 460 g/mol. The first-order valence-electron chi connectivity index (χ1n) is 9.23. The van der Waals surface area contributed by atoms with E-state index in [2.05, 4.69) is 20.8 Å². The Balaban J connectivity index is 1.21. The van der Waals surface area contributed by atoms with E-state index in [1.54, 1.807) is 36.4 Å². The number of carbonyl (C=O) groups is 2. The minimum atomic E-state index is -0.896. The summed E-state index contributed by atoms with van der Waals surface area (Å²) >= 11 is 2.45. The Morgan fingerprint density at radius 3 is 2.71 bits per heavy atom. The van der Waals surface area contributed by atoms with Gasteiger partial charge in [-0.05, 0) is 29.8 Å². The standard InChI is InChI=1S/C20H17FN4O4S2/c21-13-7-5-12(6-8-13)9-22-19-24-25-20(31-19)30-11-17(26)23-18(27)16-10-28-14-3-1-2-4-15(14)29-16/h1-8,16H,9-11H2,(H,22,24)(H,23,26,27). The molecule has 11 heteroatoms. The van der Waals surface area contributed by atoms with Crippen LogP contribution in [0.2, 0.25) is 0 Å². The van der Waals surface area contributed by atoms with Crippen molar-refractivity contribution in [3.8, 4) is 11.5 Å². The van der Waals surface area contributed by atoms with E-state index in [0.717, 1.165) is 5.56 Å². The minimum absolute atomic E-state index is 0.00248. The van der Waals surface area contributed by atoms with Crippen molar-refractivity contribution in [2.24, 2.45) is 0 Å². The van der Waals surface area contributed by atoms with E-state index in [-0.39, 0.29) is 18.2 Å². The summed E-state index contributed by atoms with van der Waals surface area (Å²) in [6.45, 7) is 0.504. The van der Waals surface area contributed by atoms with Crippen LogP contribution in [0, 0.1) is 5.82 Å². The largest absolute Gasteiger partial charge is 0.485 e. The van der Waals surface area contributed by atoms with Gasteiger partial charge in [-0.2, -0.15) is 0 Å². The Morgan fingerprint density at radius 2 is 1.90 bits per heavy atom. The van der Waals surface area contributed by atoms with Crippen molar-refractivity contribution >= 4 is 40.0 Å². The number of benzene rings is 2. The van der Waals surface area contributed by atoms with Crippen molar-refractivity contribution in [1.29, 1.82) is 0 Å². The fraction of sp³-hybridized carbons (Fsp3) is 0.200. The highest BCUT2D eigenvalue weighted by Crippen LogP contribution is 2.31. The number of carbonyl (C=O) groups excluding carboxylic acids is 2. The number of thioether (sulfide) groups is 1. The zero-order chi connectivity index (χ0) is 21.6. The van der Waals surface area contributed by atoms with Crippen LogP contribution in [-0.2, 0) is 16.1 Å². The Morgan fingerprint density at radius 1 is 1.13 bits per heavy atom. The fourth-order valence-electron chi connectivity index (χ4n) is 2.65. The van der Waals surface area contributed by atoms with Crippen LogP contribution in [0.15, 0.2) is 52.9 Å². The number of amides is 2. The Bertz CT molecular complexity index is 1080. The van der Waals surface area contributed by atoms with Gasteiger partial charge in [-0.3, -0.25) is 14.9 Å². The number of fused-ring (bicyclic) bond motifs is 1. The lowest BCUT2D eigenvalue weighted by Crippen LogP contribution is -2.46. The van der Waals surface area contributed by atoms with Crippen LogP contribution >= 0.6 is 23.1 Å². The van der Waals surface area contributed by atoms with Gasteiger partial charge in [-0.1, -0.05) is 47.4 Å². The van der Waals surface area contributed by atoms with E-state index >= 15 is 0 Å². The van der Waals surface area contributed by atoms with Crippen molar-refractivity contribution < 1.29 is 23.5 Å². The summed E-state index contributed by atoms with van der Waals surface area (Å²) in [7, 11) is 0. The molecule has 1 unspecified atom stereocenters. The molecule has 1 aliphatic rings. The van der Waals surface area contributed by atoms with Crippen molar-refractivity contribution in [1.82, 2.24) is 15.5 Å². The summed E-state index contributed by atoms with van der Waals surface area (Å²) < 4.78 is 24.6. The molecule has 1 atom stereocenters. The van der Waals surface area contributed by atoms with Gasteiger partial charge in [0, 0.05) is 6.54 Å². The van der Waals surface area contributed by atoms with Crippen LogP contribution in [0.1, 0.15) is 5.56 Å². The van der Waals surface area contributed by atoms with Crippen LogP contribution in [-0.4, -0.2) is 40.5 Å². The number of nitrogens with one attached hydrogen (secondary N) is 2. The predicted octanol–water partition coefficient (Wildman–Crippen LogP) is 2.86. The van der Waals surface area contributed by atoms with E-state index < -0.39 is 17.9 Å². The molecule has 0 radical (unpaired) electrons. The number of hydrogen-bond donors (Lipinski definition) is 2. The molecule has 31 heavy (non-hydrogen) atoms. The number of hydrogen-bond acceptors (Lipinski definition) is 9. The molecule has 0 bridgehead atoms. The molecule has 2 aromatic carbocycles. The number of halogens is 1. The maximum absolute atomic E-state index is 12.9. The molecular formula is C20H17FN4O4S2. The average Bonchev–Trinajstić information content (AvgIpc) is 3.25. The number of para-hydroxylation sites is 2. The highest BCUT2D eigenvalue weighted by molar-refractivity contribution is 8.01. The highest BCUT2D eigenvalue weighted by atomic mass is 32.2. The molecule has 0 saturated heterocycles. The van der Waals surface area contributed by atoms with Gasteiger partial charge in [0.05, 0.1) is 5.75 Å². The van der Waals surface area contributed by atoms with Crippen LogP contribution in [0.5, 0.6) is 11.5 Å². The second kappa shape index (κ2) is 9.75. The summed E-state index contributed by atoms with van der Waals surface area (Å²) in [6, 6.07) is 13.2. The summed E-state index contributed by atoms with van der Waals surface area (Å²) in [6.07, 6.45) is -0.896. The minimum Gasteiger partial charge on any atom is -0.485 e. The van der Waals surface area contributed by atoms with Gasteiger partial charge < -0.3 is 14.8 Å². The number of aromatic nitrogens is 2.